The van der Waals surface area contributed by atoms with Gasteiger partial charge in [0.25, 0.3) is 0 Å². The molecule has 1 N–H and O–H groups in total. The highest BCUT2D eigenvalue weighted by Crippen LogP contribution is 2.17. The predicted octanol–water partition coefficient (Wildman–Crippen LogP) is 2.30. The van der Waals surface area contributed by atoms with Crippen LogP contribution in [0.1, 0.15) is 18.1 Å². The van der Waals surface area contributed by atoms with Gasteiger partial charge in [0.05, 0.1) is 19.6 Å². The van der Waals surface area contributed by atoms with E-state index in [0.717, 1.165) is 16.0 Å². The minimum absolute atomic E-state index is 0.00699. The van der Waals surface area contributed by atoms with E-state index in [0.29, 0.717) is 25.4 Å². The maximum Gasteiger partial charge on any atom is 0.226 e. The van der Waals surface area contributed by atoms with Crippen LogP contribution < -0.4 is 4.74 Å². The summed E-state index contributed by atoms with van der Waals surface area (Å²) in [6.45, 7) is 2.55. The van der Waals surface area contributed by atoms with Crippen LogP contribution in [0.25, 0.3) is 0 Å². The van der Waals surface area contributed by atoms with E-state index in [2.05, 4.69) is 31.1 Å². The normalized spacial score (nSPS) is 10.4. The highest BCUT2D eigenvalue weighted by atomic mass is 79.9. The van der Waals surface area contributed by atoms with E-state index in [1.807, 2.05) is 31.2 Å². The van der Waals surface area contributed by atoms with Crippen LogP contribution >= 0.6 is 15.9 Å². The zero-order valence-electron chi connectivity index (χ0n) is 12.0. The number of aryl methyl sites for hydroxylation is 1. The van der Waals surface area contributed by atoms with Gasteiger partial charge in [-0.3, -0.25) is 9.89 Å². The Morgan fingerprint density at radius 3 is 2.95 bits per heavy atom. The Bertz CT molecular complexity index is 615. The smallest absolute Gasteiger partial charge is 0.226 e. The van der Waals surface area contributed by atoms with Gasteiger partial charge in [0, 0.05) is 11.5 Å². The minimum atomic E-state index is -0.00699. The molecule has 1 aromatic carbocycles. The fourth-order valence-electron chi connectivity index (χ4n) is 1.76. The number of H-pyrrole nitrogens is 1. The van der Waals surface area contributed by atoms with Crippen molar-refractivity contribution in [3.8, 4) is 5.75 Å². The summed E-state index contributed by atoms with van der Waals surface area (Å²) in [5.41, 5.74) is 0. The SMILES string of the molecule is Cc1nc(CN(C)C(=O)CCOc2cccc(Br)c2)n[nH]1. The monoisotopic (exact) mass is 352 g/mol. The summed E-state index contributed by atoms with van der Waals surface area (Å²) in [4.78, 5) is 17.7. The maximum atomic E-state index is 12.0. The van der Waals surface area contributed by atoms with Gasteiger partial charge in [0.1, 0.15) is 11.6 Å². The zero-order chi connectivity index (χ0) is 15.2. The topological polar surface area (TPSA) is 71.1 Å². The van der Waals surface area contributed by atoms with E-state index >= 15 is 0 Å². The number of nitrogens with one attached hydrogen (secondary N) is 1. The molecule has 21 heavy (non-hydrogen) atoms. The predicted molar refractivity (Wildman–Crippen MR) is 81.8 cm³/mol. The number of nitrogens with zero attached hydrogens (tertiary/aromatic N) is 3. The van der Waals surface area contributed by atoms with E-state index in [9.17, 15) is 4.79 Å². The van der Waals surface area contributed by atoms with Crippen molar-refractivity contribution in [2.24, 2.45) is 0 Å². The molecule has 6 nitrogen and oxygen atoms in total. The summed E-state index contributed by atoms with van der Waals surface area (Å²) >= 11 is 3.37. The molecule has 2 rings (SSSR count). The van der Waals surface area contributed by atoms with Gasteiger partial charge in [0.2, 0.25) is 5.91 Å². The molecule has 2 aromatic rings. The minimum Gasteiger partial charge on any atom is -0.493 e. The van der Waals surface area contributed by atoms with E-state index < -0.39 is 0 Å². The van der Waals surface area contributed by atoms with Crippen molar-refractivity contribution in [1.29, 1.82) is 0 Å². The molecule has 0 aliphatic rings. The molecular weight excluding hydrogens is 336 g/mol. The van der Waals surface area contributed by atoms with E-state index in [-0.39, 0.29) is 5.91 Å². The molecule has 0 bridgehead atoms. The maximum absolute atomic E-state index is 12.0. The lowest BCUT2D eigenvalue weighted by Gasteiger charge is -2.15. The first-order valence-electron chi connectivity index (χ1n) is 6.55. The molecule has 112 valence electrons. The fraction of sp³-hybridized carbons (Fsp3) is 0.357. The van der Waals surface area contributed by atoms with Crippen molar-refractivity contribution in [2.45, 2.75) is 19.9 Å². The second-order valence-corrected chi connectivity index (χ2v) is 5.56. The summed E-state index contributed by atoms with van der Waals surface area (Å²) in [7, 11) is 1.73. The van der Waals surface area contributed by atoms with Gasteiger partial charge in [0.15, 0.2) is 5.82 Å². The molecule has 1 amide bonds. The number of benzene rings is 1. The Hall–Kier alpha value is -1.89. The van der Waals surface area contributed by atoms with Crippen LogP contribution in [0, 0.1) is 6.92 Å². The standard InChI is InChI=1S/C14H17BrN4O2/c1-10-16-13(18-17-10)9-19(2)14(20)6-7-21-12-5-3-4-11(15)8-12/h3-5,8H,6-7,9H2,1-2H3,(H,16,17,18). The number of halogens is 1. The molecule has 0 aliphatic carbocycles. The van der Waals surface area contributed by atoms with Gasteiger partial charge in [-0.1, -0.05) is 22.0 Å². The first-order valence-corrected chi connectivity index (χ1v) is 7.34. The number of aromatic amines is 1. The molecule has 1 aromatic heterocycles. The third-order valence-electron chi connectivity index (χ3n) is 2.83. The van der Waals surface area contributed by atoms with Crippen molar-refractivity contribution in [3.05, 3.63) is 40.4 Å². The van der Waals surface area contributed by atoms with Crippen LogP contribution in [-0.2, 0) is 11.3 Å². The summed E-state index contributed by atoms with van der Waals surface area (Å²) in [5, 5.41) is 6.76. The summed E-state index contributed by atoms with van der Waals surface area (Å²) in [6.07, 6.45) is 0.312. The van der Waals surface area contributed by atoms with Crippen molar-refractivity contribution < 1.29 is 9.53 Å². The molecule has 0 fully saturated rings. The molecule has 7 heteroatoms. The number of carbonyl (C=O) groups is 1. The van der Waals surface area contributed by atoms with Gasteiger partial charge in [-0.25, -0.2) is 4.98 Å². The number of carbonyl (C=O) groups excluding carboxylic acids is 1. The van der Waals surface area contributed by atoms with Crippen molar-refractivity contribution in [2.75, 3.05) is 13.7 Å². The summed E-state index contributed by atoms with van der Waals surface area (Å²) in [5.74, 6) is 2.08. The van der Waals surface area contributed by atoms with Gasteiger partial charge in [-0.2, -0.15) is 5.10 Å². The quantitative estimate of drug-likeness (QED) is 0.865. The van der Waals surface area contributed by atoms with E-state index in [1.165, 1.54) is 0 Å². The largest absolute Gasteiger partial charge is 0.493 e. The molecule has 0 aliphatic heterocycles. The number of hydrogen-bond acceptors (Lipinski definition) is 4. The Kier molecular flexibility index (Phi) is 5.32. The lowest BCUT2D eigenvalue weighted by molar-refractivity contribution is -0.131. The Labute approximate surface area is 131 Å². The fourth-order valence-corrected chi connectivity index (χ4v) is 2.14. The third-order valence-corrected chi connectivity index (χ3v) is 3.32. The second kappa shape index (κ2) is 7.21. The molecule has 0 spiro atoms. The lowest BCUT2D eigenvalue weighted by atomic mass is 10.3. The molecule has 0 saturated carbocycles. The van der Waals surface area contributed by atoms with Crippen molar-refractivity contribution in [1.82, 2.24) is 20.1 Å². The van der Waals surface area contributed by atoms with Crippen LogP contribution in [0.15, 0.2) is 28.7 Å². The van der Waals surface area contributed by atoms with Gasteiger partial charge in [-0.15, -0.1) is 0 Å². The van der Waals surface area contributed by atoms with Crippen LogP contribution in [0.2, 0.25) is 0 Å². The molecule has 1 heterocycles. The van der Waals surface area contributed by atoms with Gasteiger partial charge in [-0.05, 0) is 25.1 Å². The first-order chi connectivity index (χ1) is 10.0. The number of aromatic nitrogens is 3. The number of rotatable bonds is 6. The number of ether oxygens (including phenoxy) is 1. The average Bonchev–Trinajstić information content (AvgIpc) is 2.84. The van der Waals surface area contributed by atoms with Crippen LogP contribution in [0.3, 0.4) is 0 Å². The highest BCUT2D eigenvalue weighted by molar-refractivity contribution is 9.10. The molecule has 0 unspecified atom stereocenters. The summed E-state index contributed by atoms with van der Waals surface area (Å²) in [6, 6.07) is 7.53. The van der Waals surface area contributed by atoms with Crippen LogP contribution in [-0.4, -0.2) is 39.6 Å². The summed E-state index contributed by atoms with van der Waals surface area (Å²) < 4.78 is 6.49. The molecular formula is C14H17BrN4O2. The van der Waals surface area contributed by atoms with Crippen molar-refractivity contribution in [3.63, 3.8) is 0 Å². The number of hydrogen-bond donors (Lipinski definition) is 1. The average molecular weight is 353 g/mol. The zero-order valence-corrected chi connectivity index (χ0v) is 13.6. The Morgan fingerprint density at radius 2 is 2.29 bits per heavy atom. The van der Waals surface area contributed by atoms with Crippen molar-refractivity contribution >= 4 is 21.8 Å². The van der Waals surface area contributed by atoms with Crippen LogP contribution in [0.5, 0.6) is 5.75 Å². The first kappa shape index (κ1) is 15.5. The lowest BCUT2D eigenvalue weighted by Crippen LogP contribution is -2.28. The molecule has 0 atom stereocenters. The van der Waals surface area contributed by atoms with E-state index in [1.54, 1.807) is 11.9 Å². The third kappa shape index (κ3) is 4.86. The Balaban J connectivity index is 1.76. The van der Waals surface area contributed by atoms with Crippen LogP contribution in [0.4, 0.5) is 0 Å². The molecule has 0 radical (unpaired) electrons. The highest BCUT2D eigenvalue weighted by Gasteiger charge is 2.11. The van der Waals surface area contributed by atoms with Gasteiger partial charge < -0.3 is 9.64 Å². The number of amides is 1. The second-order valence-electron chi connectivity index (χ2n) is 4.64. The Morgan fingerprint density at radius 1 is 1.48 bits per heavy atom. The van der Waals surface area contributed by atoms with E-state index in [4.69, 9.17) is 4.74 Å². The molecule has 0 saturated heterocycles. The van der Waals surface area contributed by atoms with Gasteiger partial charge >= 0.3 is 0 Å².